The molecule has 20 heteroatoms. The molecule has 0 spiro atoms. The maximum atomic E-state index is 14.2. The Hall–Kier alpha value is -4.69. The van der Waals surface area contributed by atoms with Crippen molar-refractivity contribution in [3.05, 3.63) is 0 Å². The fraction of sp³-hybridized carbons (Fsp3) is 0.769. The number of amides is 7. The third-order valence-electron chi connectivity index (χ3n) is 10.4. The van der Waals surface area contributed by atoms with Gasteiger partial charge in [-0.2, -0.15) is 0 Å². The van der Waals surface area contributed by atoms with Crippen molar-refractivity contribution in [2.24, 2.45) is 45.5 Å². The molecule has 0 radical (unpaired) electrons. The van der Waals surface area contributed by atoms with Crippen molar-refractivity contribution in [2.45, 2.75) is 154 Å². The number of unbranched alkanes of at least 4 members (excludes halogenated alkanes) is 1. The number of nitrogens with zero attached hydrogens (tertiary/aromatic N) is 3. The van der Waals surface area contributed by atoms with Crippen LogP contribution in [0.1, 0.15) is 112 Å². The summed E-state index contributed by atoms with van der Waals surface area (Å²) in [6.45, 7) is 8.12. The van der Waals surface area contributed by atoms with Crippen molar-refractivity contribution in [3.63, 3.8) is 0 Å². The highest BCUT2D eigenvalue weighted by molar-refractivity contribution is 6.03. The lowest BCUT2D eigenvalue weighted by Crippen LogP contribution is -2.60. The molecule has 0 aromatic rings. The van der Waals surface area contributed by atoms with Crippen LogP contribution in [0.25, 0.3) is 0 Å². The Labute approximate surface area is 348 Å². The van der Waals surface area contributed by atoms with Gasteiger partial charge in [-0.3, -0.25) is 43.5 Å². The van der Waals surface area contributed by atoms with Crippen LogP contribution in [0, 0.1) is 11.8 Å². The first kappa shape index (κ1) is 52.3. The number of carbonyl (C=O) groups excluding carboxylic acids is 8. The Kier molecular flexibility index (Phi) is 24.1. The van der Waals surface area contributed by atoms with Crippen LogP contribution in [0.5, 0.6) is 0 Å². The number of nitrogens with one attached hydrogen (secondary N) is 4. The summed E-state index contributed by atoms with van der Waals surface area (Å²) in [4.78, 5) is 112. The van der Waals surface area contributed by atoms with Gasteiger partial charge < -0.3 is 59.6 Å². The minimum absolute atomic E-state index is 0.0520. The standard InChI is InChI=1S/C39H72N12O8/c1-23(2)19-31(49-34(55)25(4)46-33(54)24(3)47-35(56)30(16-10-11-17-40)48-32(53)21-41)38(59)50(6)26(5)36(57)51(28(22-52)15-12-18-45-39(43)44)37(58)29(42)20-27-13-8-7-9-14-27/h22-31H,7-21,40-42H2,1-6H3,(H,46,54)(H,47,56)(H,48,53)(H,49,55)(H4,43,44,45)/t24-,25-,26-,28-,29-,30-,31-/m0/s1. The number of nitrogens with two attached hydrogens (primary N) is 5. The molecule has 1 aliphatic carbocycles. The molecule has 0 aromatic heterocycles. The second-order valence-corrected chi connectivity index (χ2v) is 15.9. The summed E-state index contributed by atoms with van der Waals surface area (Å²) in [6.07, 6.45) is 7.70. The molecule has 336 valence electrons. The number of aldehydes is 1. The average molecular weight is 837 g/mol. The SMILES string of the molecule is CC(C)C[C@H](NC(=O)[C@H](C)NC(=O)[C@H](C)NC(=O)[C@H](CCCCN)NC(=O)CN)C(=O)N(C)[C@@H](C)C(=O)N(C(=O)[C@@H](N)CC1CCCCC1)[C@H](C=O)CCCN=C(N)N. The molecule has 0 aliphatic heterocycles. The summed E-state index contributed by atoms with van der Waals surface area (Å²) in [5, 5.41) is 10.3. The van der Waals surface area contributed by atoms with E-state index in [-0.39, 0.29) is 56.6 Å². The number of guanidine groups is 1. The summed E-state index contributed by atoms with van der Waals surface area (Å²) >= 11 is 0. The van der Waals surface area contributed by atoms with Gasteiger partial charge in [0.05, 0.1) is 18.6 Å². The van der Waals surface area contributed by atoms with Crippen molar-refractivity contribution < 1.29 is 38.4 Å². The van der Waals surface area contributed by atoms with Crippen molar-refractivity contribution in [1.82, 2.24) is 31.1 Å². The first-order valence-electron chi connectivity index (χ1n) is 20.8. The second kappa shape index (κ2) is 27.1. The fourth-order valence-electron chi connectivity index (χ4n) is 6.86. The first-order chi connectivity index (χ1) is 27.8. The summed E-state index contributed by atoms with van der Waals surface area (Å²) in [6, 6.07) is -7.92. The summed E-state index contributed by atoms with van der Waals surface area (Å²) in [5.74, 6) is -4.83. The van der Waals surface area contributed by atoms with Gasteiger partial charge in [-0.25, -0.2) is 0 Å². The Bertz CT molecular complexity index is 1440. The molecule has 14 N–H and O–H groups in total. The van der Waals surface area contributed by atoms with Crippen molar-refractivity contribution in [3.8, 4) is 0 Å². The van der Waals surface area contributed by atoms with Crippen molar-refractivity contribution in [2.75, 3.05) is 26.7 Å². The third-order valence-corrected chi connectivity index (χ3v) is 10.4. The number of aliphatic imine (C=N–C) groups is 1. The largest absolute Gasteiger partial charge is 0.370 e. The van der Waals surface area contributed by atoms with Gasteiger partial charge in [-0.1, -0.05) is 46.0 Å². The van der Waals surface area contributed by atoms with Gasteiger partial charge in [0.25, 0.3) is 5.91 Å². The summed E-state index contributed by atoms with van der Waals surface area (Å²) in [5.41, 5.74) is 28.2. The zero-order valence-corrected chi connectivity index (χ0v) is 35.9. The number of carbonyl (C=O) groups is 8. The molecule has 1 fully saturated rings. The van der Waals surface area contributed by atoms with Crippen LogP contribution in [0.15, 0.2) is 4.99 Å². The molecule has 1 rings (SSSR count). The van der Waals surface area contributed by atoms with Gasteiger partial charge >= 0.3 is 0 Å². The lowest BCUT2D eigenvalue weighted by Gasteiger charge is -2.36. The normalized spacial score (nSPS) is 16.5. The molecule has 1 aliphatic rings. The zero-order chi connectivity index (χ0) is 44.8. The van der Waals surface area contributed by atoms with E-state index < -0.39 is 83.6 Å². The molecular weight excluding hydrogens is 765 g/mol. The molecule has 7 amide bonds. The maximum absolute atomic E-state index is 14.2. The van der Waals surface area contributed by atoms with E-state index in [4.69, 9.17) is 28.7 Å². The number of imide groups is 1. The molecule has 0 unspecified atom stereocenters. The van der Waals surface area contributed by atoms with Gasteiger partial charge in [0.2, 0.25) is 35.4 Å². The summed E-state index contributed by atoms with van der Waals surface area (Å²) < 4.78 is 0. The van der Waals surface area contributed by atoms with Gasteiger partial charge in [-0.15, -0.1) is 0 Å². The Balaban J connectivity index is 3.17. The van der Waals surface area contributed by atoms with Crippen LogP contribution in [-0.2, 0) is 38.4 Å². The highest BCUT2D eigenvalue weighted by Gasteiger charge is 2.39. The van der Waals surface area contributed by atoms with Crippen molar-refractivity contribution in [1.29, 1.82) is 0 Å². The number of rotatable bonds is 26. The molecule has 0 saturated heterocycles. The average Bonchev–Trinajstić information content (AvgIpc) is 3.19. The summed E-state index contributed by atoms with van der Waals surface area (Å²) in [7, 11) is 1.36. The Morgan fingerprint density at radius 2 is 1.34 bits per heavy atom. The predicted molar refractivity (Wildman–Crippen MR) is 224 cm³/mol. The van der Waals surface area contributed by atoms with Crippen LogP contribution in [-0.4, -0.2) is 132 Å². The van der Waals surface area contributed by atoms with Crippen LogP contribution in [0.4, 0.5) is 0 Å². The fourth-order valence-corrected chi connectivity index (χ4v) is 6.86. The highest BCUT2D eigenvalue weighted by Crippen LogP contribution is 2.28. The van der Waals surface area contributed by atoms with Crippen LogP contribution >= 0.6 is 0 Å². The van der Waals surface area contributed by atoms with Gasteiger partial charge in [0.15, 0.2) is 5.96 Å². The molecule has 0 bridgehead atoms. The molecule has 0 heterocycles. The van der Waals surface area contributed by atoms with E-state index in [0.29, 0.717) is 32.1 Å². The first-order valence-corrected chi connectivity index (χ1v) is 20.8. The smallest absolute Gasteiger partial charge is 0.252 e. The van der Waals surface area contributed by atoms with E-state index in [1.165, 1.54) is 27.8 Å². The van der Waals surface area contributed by atoms with Gasteiger partial charge in [0, 0.05) is 13.6 Å². The molecule has 1 saturated carbocycles. The molecule has 20 nitrogen and oxygen atoms in total. The number of hydrogen-bond donors (Lipinski definition) is 9. The monoisotopic (exact) mass is 837 g/mol. The molecule has 0 aromatic carbocycles. The second-order valence-electron chi connectivity index (χ2n) is 15.9. The van der Waals surface area contributed by atoms with E-state index in [2.05, 4.69) is 26.3 Å². The van der Waals surface area contributed by atoms with Crippen LogP contribution < -0.4 is 49.9 Å². The minimum Gasteiger partial charge on any atom is -0.370 e. The highest BCUT2D eigenvalue weighted by atomic mass is 16.2. The number of hydrogen-bond acceptors (Lipinski definition) is 12. The molecular formula is C39H72N12O8. The van der Waals surface area contributed by atoms with Gasteiger partial charge in [0.1, 0.15) is 36.5 Å². The van der Waals surface area contributed by atoms with Crippen LogP contribution in [0.3, 0.4) is 0 Å². The van der Waals surface area contributed by atoms with E-state index in [0.717, 1.165) is 41.9 Å². The lowest BCUT2D eigenvalue weighted by molar-refractivity contribution is -0.156. The Morgan fingerprint density at radius 3 is 1.88 bits per heavy atom. The topological polar surface area (TPSA) is 334 Å². The third kappa shape index (κ3) is 18.4. The predicted octanol–water partition coefficient (Wildman–Crippen LogP) is -1.78. The molecule has 7 atom stereocenters. The minimum atomic E-state index is -1.27. The zero-order valence-electron chi connectivity index (χ0n) is 35.9. The van der Waals surface area contributed by atoms with Gasteiger partial charge in [-0.05, 0) is 84.1 Å². The number of likely N-dealkylation sites (N-methyl/N-ethyl adjacent to an activating group) is 1. The van der Waals surface area contributed by atoms with E-state index in [9.17, 15) is 38.4 Å². The molecule has 59 heavy (non-hydrogen) atoms. The van der Waals surface area contributed by atoms with E-state index in [1.54, 1.807) is 0 Å². The van der Waals surface area contributed by atoms with E-state index >= 15 is 0 Å². The maximum Gasteiger partial charge on any atom is 0.252 e. The van der Waals surface area contributed by atoms with Crippen molar-refractivity contribution >= 4 is 53.6 Å². The Morgan fingerprint density at radius 1 is 0.746 bits per heavy atom. The quantitative estimate of drug-likeness (QED) is 0.0202. The lowest BCUT2D eigenvalue weighted by atomic mass is 9.84. The van der Waals surface area contributed by atoms with Crippen LogP contribution in [0.2, 0.25) is 0 Å². The van der Waals surface area contributed by atoms with E-state index in [1.807, 2.05) is 13.8 Å².